The Balaban J connectivity index is 2.10. The zero-order valence-corrected chi connectivity index (χ0v) is 12.6. The van der Waals surface area contributed by atoms with Gasteiger partial charge in [0.2, 0.25) is 5.91 Å². The van der Waals surface area contributed by atoms with E-state index in [0.717, 1.165) is 10.0 Å². The Kier molecular flexibility index (Phi) is 4.75. The summed E-state index contributed by atoms with van der Waals surface area (Å²) in [5.41, 5.74) is 8.01. The van der Waals surface area contributed by atoms with E-state index in [4.69, 9.17) is 11.0 Å². The maximum atomic E-state index is 11.9. The summed E-state index contributed by atoms with van der Waals surface area (Å²) in [5.74, 6) is -0.304. The lowest BCUT2D eigenvalue weighted by Gasteiger charge is -2.05. The number of nitrogen functional groups attached to an aromatic ring is 1. The summed E-state index contributed by atoms with van der Waals surface area (Å²) in [7, 11) is 0. The minimum atomic E-state index is -0.304. The highest BCUT2D eigenvalue weighted by molar-refractivity contribution is 9.10. The third kappa shape index (κ3) is 4.20. The second kappa shape index (κ2) is 6.73. The average Bonchev–Trinajstić information content (AvgIpc) is 2.47. The zero-order chi connectivity index (χ0) is 15.2. The third-order valence-electron chi connectivity index (χ3n) is 2.72. The first kappa shape index (κ1) is 14.8. The van der Waals surface area contributed by atoms with Crippen LogP contribution in [0.15, 0.2) is 53.0 Å². The molecule has 0 aromatic heterocycles. The second-order valence-electron chi connectivity index (χ2n) is 4.29. The van der Waals surface area contributed by atoms with E-state index >= 15 is 0 Å². The molecule has 0 aliphatic carbocycles. The van der Waals surface area contributed by atoms with Gasteiger partial charge in [0.05, 0.1) is 11.3 Å². The van der Waals surface area contributed by atoms with Gasteiger partial charge >= 0.3 is 0 Å². The second-order valence-corrected chi connectivity index (χ2v) is 5.21. The number of carbonyl (C=O) groups is 1. The number of rotatable bonds is 3. The molecule has 104 valence electrons. The smallest absolute Gasteiger partial charge is 0.248 e. The van der Waals surface area contributed by atoms with E-state index in [-0.39, 0.29) is 5.91 Å². The van der Waals surface area contributed by atoms with E-state index in [1.807, 2.05) is 18.2 Å². The fraction of sp³-hybridized carbons (Fsp3) is 0. The van der Waals surface area contributed by atoms with E-state index in [9.17, 15) is 4.79 Å². The molecule has 5 heteroatoms. The van der Waals surface area contributed by atoms with E-state index < -0.39 is 0 Å². The zero-order valence-electron chi connectivity index (χ0n) is 11.0. The molecule has 0 fully saturated rings. The van der Waals surface area contributed by atoms with Crippen LogP contribution in [-0.2, 0) is 4.79 Å². The lowest BCUT2D eigenvalue weighted by molar-refractivity contribution is -0.111. The first-order valence-corrected chi connectivity index (χ1v) is 6.92. The lowest BCUT2D eigenvalue weighted by atomic mass is 10.2. The molecule has 3 N–H and O–H groups in total. The van der Waals surface area contributed by atoms with Crippen molar-refractivity contribution in [1.82, 2.24) is 0 Å². The van der Waals surface area contributed by atoms with Crippen molar-refractivity contribution in [3.63, 3.8) is 0 Å². The molecule has 0 aliphatic rings. The maximum Gasteiger partial charge on any atom is 0.248 e. The van der Waals surface area contributed by atoms with Gasteiger partial charge < -0.3 is 11.1 Å². The number of nitrogens with zero attached hydrogens (tertiary/aromatic N) is 1. The van der Waals surface area contributed by atoms with Gasteiger partial charge in [-0.15, -0.1) is 0 Å². The molecule has 0 heterocycles. The van der Waals surface area contributed by atoms with Crippen LogP contribution in [0.5, 0.6) is 0 Å². The number of hydrogen-bond acceptors (Lipinski definition) is 3. The Hall–Kier alpha value is -2.58. The highest BCUT2D eigenvalue weighted by Gasteiger charge is 2.05. The van der Waals surface area contributed by atoms with Crippen molar-refractivity contribution >= 4 is 39.3 Å². The molecule has 0 radical (unpaired) electrons. The van der Waals surface area contributed by atoms with E-state index in [2.05, 4.69) is 21.2 Å². The van der Waals surface area contributed by atoms with Crippen LogP contribution in [0, 0.1) is 11.3 Å². The highest BCUT2D eigenvalue weighted by Crippen LogP contribution is 2.20. The third-order valence-corrected chi connectivity index (χ3v) is 3.22. The van der Waals surface area contributed by atoms with E-state index in [0.29, 0.717) is 16.9 Å². The molecule has 4 nitrogen and oxygen atoms in total. The van der Waals surface area contributed by atoms with Gasteiger partial charge in [-0.2, -0.15) is 5.26 Å². The van der Waals surface area contributed by atoms with Crippen LogP contribution in [0.25, 0.3) is 6.08 Å². The van der Waals surface area contributed by atoms with Crippen LogP contribution >= 0.6 is 15.9 Å². The first-order chi connectivity index (χ1) is 10.1. The number of nitrogens with two attached hydrogens (primary N) is 1. The summed E-state index contributed by atoms with van der Waals surface area (Å²) in [4.78, 5) is 11.9. The van der Waals surface area contributed by atoms with Gasteiger partial charge in [0.15, 0.2) is 0 Å². The minimum absolute atomic E-state index is 0.304. The normalized spacial score (nSPS) is 10.3. The summed E-state index contributed by atoms with van der Waals surface area (Å²) in [6.07, 6.45) is 3.09. The molecule has 2 rings (SSSR count). The molecule has 1 amide bonds. The van der Waals surface area contributed by atoms with Gasteiger partial charge in [-0.1, -0.05) is 28.1 Å². The molecular formula is C16H12BrN3O. The van der Waals surface area contributed by atoms with Crippen molar-refractivity contribution in [3.8, 4) is 6.07 Å². The molecular weight excluding hydrogens is 330 g/mol. The Morgan fingerprint density at radius 1 is 1.24 bits per heavy atom. The van der Waals surface area contributed by atoms with Gasteiger partial charge in [-0.05, 0) is 42.0 Å². The number of anilines is 2. The van der Waals surface area contributed by atoms with Gasteiger partial charge in [0.25, 0.3) is 0 Å². The fourth-order valence-corrected chi connectivity index (χ4v) is 2.03. The molecule has 0 atom stereocenters. The van der Waals surface area contributed by atoms with Crippen LogP contribution in [0.3, 0.4) is 0 Å². The Morgan fingerprint density at radius 2 is 1.95 bits per heavy atom. The highest BCUT2D eigenvalue weighted by atomic mass is 79.9. The van der Waals surface area contributed by atoms with Gasteiger partial charge in [0.1, 0.15) is 6.07 Å². The molecule has 0 bridgehead atoms. The van der Waals surface area contributed by atoms with Crippen molar-refractivity contribution < 1.29 is 4.79 Å². The minimum Gasteiger partial charge on any atom is -0.399 e. The number of hydrogen-bond donors (Lipinski definition) is 2. The SMILES string of the molecule is N#Cc1ccc(Br)cc1NC(=O)/C=C/c1ccc(N)cc1. The largest absolute Gasteiger partial charge is 0.399 e. The van der Waals surface area contributed by atoms with Crippen molar-refractivity contribution in [2.75, 3.05) is 11.1 Å². The topological polar surface area (TPSA) is 78.9 Å². The monoisotopic (exact) mass is 341 g/mol. The Morgan fingerprint density at radius 3 is 2.62 bits per heavy atom. The molecule has 0 aliphatic heterocycles. The Bertz CT molecular complexity index is 730. The van der Waals surface area contributed by atoms with Crippen LogP contribution in [0.1, 0.15) is 11.1 Å². The average molecular weight is 342 g/mol. The molecule has 0 unspecified atom stereocenters. The van der Waals surface area contributed by atoms with Crippen LogP contribution in [0.4, 0.5) is 11.4 Å². The fourth-order valence-electron chi connectivity index (χ4n) is 1.67. The number of amides is 1. The molecule has 0 saturated heterocycles. The van der Waals surface area contributed by atoms with Crippen molar-refractivity contribution in [1.29, 1.82) is 5.26 Å². The summed E-state index contributed by atoms with van der Waals surface area (Å²) in [6, 6.07) is 14.3. The first-order valence-electron chi connectivity index (χ1n) is 6.13. The lowest BCUT2D eigenvalue weighted by Crippen LogP contribution is -2.09. The molecule has 2 aromatic rings. The van der Waals surface area contributed by atoms with E-state index in [1.54, 1.807) is 36.4 Å². The predicted molar refractivity (Wildman–Crippen MR) is 87.4 cm³/mol. The quantitative estimate of drug-likeness (QED) is 0.661. The number of nitriles is 1. The number of benzene rings is 2. The number of nitrogens with one attached hydrogen (secondary N) is 1. The van der Waals surface area contributed by atoms with Crippen LogP contribution < -0.4 is 11.1 Å². The number of carbonyl (C=O) groups excluding carboxylic acids is 1. The van der Waals surface area contributed by atoms with Gasteiger partial charge in [-0.25, -0.2) is 0 Å². The van der Waals surface area contributed by atoms with Gasteiger partial charge in [-0.3, -0.25) is 4.79 Å². The maximum absolute atomic E-state index is 11.9. The number of halogens is 1. The molecule has 21 heavy (non-hydrogen) atoms. The van der Waals surface area contributed by atoms with Gasteiger partial charge in [0, 0.05) is 16.2 Å². The van der Waals surface area contributed by atoms with Crippen molar-refractivity contribution in [2.45, 2.75) is 0 Å². The van der Waals surface area contributed by atoms with Crippen LogP contribution in [-0.4, -0.2) is 5.91 Å². The van der Waals surface area contributed by atoms with Crippen molar-refractivity contribution in [2.24, 2.45) is 0 Å². The van der Waals surface area contributed by atoms with E-state index in [1.165, 1.54) is 6.08 Å². The summed E-state index contributed by atoms with van der Waals surface area (Å²) in [6.45, 7) is 0. The summed E-state index contributed by atoms with van der Waals surface area (Å²) < 4.78 is 0.791. The molecule has 2 aromatic carbocycles. The molecule has 0 spiro atoms. The summed E-state index contributed by atoms with van der Waals surface area (Å²) in [5, 5.41) is 11.7. The summed E-state index contributed by atoms with van der Waals surface area (Å²) >= 11 is 3.31. The standard InChI is InChI=1S/C16H12BrN3O/c17-13-5-4-12(10-18)15(9-13)20-16(21)8-3-11-1-6-14(19)7-2-11/h1-9H,19H2,(H,20,21)/b8-3+. The molecule has 0 saturated carbocycles. The Labute approximate surface area is 131 Å². The predicted octanol–water partition coefficient (Wildman–Crippen LogP) is 3.55. The van der Waals surface area contributed by atoms with Crippen molar-refractivity contribution in [3.05, 3.63) is 64.1 Å². The van der Waals surface area contributed by atoms with Crippen LogP contribution in [0.2, 0.25) is 0 Å².